The highest BCUT2D eigenvalue weighted by molar-refractivity contribution is 8.02. The van der Waals surface area contributed by atoms with Crippen molar-refractivity contribution in [2.75, 3.05) is 19.0 Å². The third-order valence-electron chi connectivity index (χ3n) is 4.74. The first-order valence-corrected chi connectivity index (χ1v) is 10.7. The van der Waals surface area contributed by atoms with Gasteiger partial charge in [0.15, 0.2) is 0 Å². The molecule has 1 aliphatic rings. The highest BCUT2D eigenvalue weighted by Crippen LogP contribution is 2.37. The predicted octanol–water partition coefficient (Wildman–Crippen LogP) is 6.10. The number of aromatic amines is 1. The Hall–Kier alpha value is -1.66. The Morgan fingerprint density at radius 1 is 1.11 bits per heavy atom. The number of hydrogen-bond acceptors (Lipinski definition) is 4. The van der Waals surface area contributed by atoms with E-state index in [1.165, 1.54) is 5.70 Å². The molecule has 0 spiro atoms. The summed E-state index contributed by atoms with van der Waals surface area (Å²) in [6.07, 6.45) is 3.89. The second-order valence-electron chi connectivity index (χ2n) is 6.32. The monoisotopic (exact) mass is 418 g/mol. The molecule has 0 atom stereocenters. The van der Waals surface area contributed by atoms with Gasteiger partial charge in [-0.25, -0.2) is 9.99 Å². The van der Waals surface area contributed by atoms with Crippen LogP contribution in [-0.4, -0.2) is 39.0 Å². The number of pyridine rings is 1. The number of H-pyrrole nitrogens is 1. The summed E-state index contributed by atoms with van der Waals surface area (Å²) in [5, 5.41) is 9.25. The van der Waals surface area contributed by atoms with Gasteiger partial charge in [-0.2, -0.15) is 0 Å². The second-order valence-corrected chi connectivity index (χ2v) is 8.02. The molecule has 1 aromatic carbocycles. The standard InChI is InChI=1S/C20H20Cl2N4S/c1-3-25(4-2)26-12-27-11-19(26)18-10-24-20-17(18)7-14(9-23-20)13-5-15(21)8-16(22)6-13/h5-11H,3-4,12H2,1-2H3,(H,23,24). The van der Waals surface area contributed by atoms with E-state index in [1.54, 1.807) is 6.07 Å². The quantitative estimate of drug-likeness (QED) is 0.542. The molecule has 2 aromatic heterocycles. The number of benzene rings is 1. The van der Waals surface area contributed by atoms with Gasteiger partial charge in [0.1, 0.15) is 5.65 Å². The minimum Gasteiger partial charge on any atom is -0.345 e. The second kappa shape index (κ2) is 7.76. The van der Waals surface area contributed by atoms with Gasteiger partial charge in [-0.1, -0.05) is 37.0 Å². The smallest absolute Gasteiger partial charge is 0.137 e. The highest BCUT2D eigenvalue weighted by atomic mass is 35.5. The normalized spacial score (nSPS) is 14.4. The van der Waals surface area contributed by atoms with E-state index in [-0.39, 0.29) is 0 Å². The molecule has 0 saturated carbocycles. The number of hydrogen-bond donors (Lipinski definition) is 1. The van der Waals surface area contributed by atoms with E-state index in [0.717, 1.165) is 46.7 Å². The van der Waals surface area contributed by atoms with Gasteiger partial charge in [-0.3, -0.25) is 5.01 Å². The lowest BCUT2D eigenvalue weighted by Gasteiger charge is -2.33. The molecule has 0 radical (unpaired) electrons. The van der Waals surface area contributed by atoms with Crippen molar-refractivity contribution in [1.82, 2.24) is 20.0 Å². The molecule has 27 heavy (non-hydrogen) atoms. The third kappa shape index (κ3) is 3.57. The molecule has 4 nitrogen and oxygen atoms in total. The molecule has 3 heterocycles. The Kier molecular flexibility index (Phi) is 5.37. The van der Waals surface area contributed by atoms with Gasteiger partial charge in [0.2, 0.25) is 0 Å². The molecule has 0 saturated heterocycles. The molecule has 0 bridgehead atoms. The summed E-state index contributed by atoms with van der Waals surface area (Å²) in [4.78, 5) is 7.91. The van der Waals surface area contributed by atoms with Crippen LogP contribution in [0.25, 0.3) is 27.9 Å². The molecule has 4 rings (SSSR count). The largest absolute Gasteiger partial charge is 0.345 e. The maximum Gasteiger partial charge on any atom is 0.137 e. The zero-order valence-electron chi connectivity index (χ0n) is 15.2. The average molecular weight is 419 g/mol. The van der Waals surface area contributed by atoms with Crippen LogP contribution in [0, 0.1) is 0 Å². The molecule has 0 amide bonds. The van der Waals surface area contributed by atoms with E-state index >= 15 is 0 Å². The summed E-state index contributed by atoms with van der Waals surface area (Å²) in [6.45, 7) is 6.31. The van der Waals surface area contributed by atoms with Crippen molar-refractivity contribution >= 4 is 51.7 Å². The first kappa shape index (κ1) is 18.7. The molecular weight excluding hydrogens is 399 g/mol. The number of nitrogens with one attached hydrogen (secondary N) is 1. The van der Waals surface area contributed by atoms with Crippen molar-refractivity contribution < 1.29 is 0 Å². The van der Waals surface area contributed by atoms with Crippen molar-refractivity contribution in [3.63, 3.8) is 0 Å². The van der Waals surface area contributed by atoms with E-state index in [1.807, 2.05) is 36.3 Å². The zero-order valence-corrected chi connectivity index (χ0v) is 17.5. The van der Waals surface area contributed by atoms with Crippen molar-refractivity contribution in [2.45, 2.75) is 13.8 Å². The van der Waals surface area contributed by atoms with E-state index in [0.29, 0.717) is 10.0 Å². The van der Waals surface area contributed by atoms with E-state index in [4.69, 9.17) is 23.2 Å². The Balaban J connectivity index is 1.79. The SMILES string of the molecule is CCN(CC)N1CSC=C1c1c[nH]c2ncc(-c3cc(Cl)cc(Cl)c3)cc12. The van der Waals surface area contributed by atoms with E-state index < -0.39 is 0 Å². The summed E-state index contributed by atoms with van der Waals surface area (Å²) < 4.78 is 0. The van der Waals surface area contributed by atoms with Crippen molar-refractivity contribution in [3.05, 3.63) is 57.7 Å². The van der Waals surface area contributed by atoms with Crippen molar-refractivity contribution in [2.24, 2.45) is 0 Å². The molecule has 0 unspecified atom stereocenters. The molecule has 3 aromatic rings. The van der Waals surface area contributed by atoms with Crippen LogP contribution in [0.5, 0.6) is 0 Å². The van der Waals surface area contributed by atoms with Gasteiger partial charge in [0.05, 0.1) is 11.6 Å². The van der Waals surface area contributed by atoms with Crippen LogP contribution in [0.3, 0.4) is 0 Å². The number of hydrazine groups is 1. The summed E-state index contributed by atoms with van der Waals surface area (Å²) in [5.74, 6) is 0.931. The molecule has 140 valence electrons. The summed E-state index contributed by atoms with van der Waals surface area (Å²) in [5.41, 5.74) is 5.19. The predicted molar refractivity (Wildman–Crippen MR) is 117 cm³/mol. The number of nitrogens with zero attached hydrogens (tertiary/aromatic N) is 3. The lowest BCUT2D eigenvalue weighted by Crippen LogP contribution is -2.39. The number of rotatable bonds is 5. The zero-order chi connectivity index (χ0) is 19.0. The number of thioether (sulfide) groups is 1. The highest BCUT2D eigenvalue weighted by Gasteiger charge is 2.24. The summed E-state index contributed by atoms with van der Waals surface area (Å²) in [7, 11) is 0. The molecule has 0 fully saturated rings. The van der Waals surface area contributed by atoms with Crippen LogP contribution in [-0.2, 0) is 0 Å². The fourth-order valence-corrected chi connectivity index (χ4v) is 4.86. The lowest BCUT2D eigenvalue weighted by atomic mass is 10.0. The summed E-state index contributed by atoms with van der Waals surface area (Å²) >= 11 is 14.2. The first-order chi connectivity index (χ1) is 13.1. The first-order valence-electron chi connectivity index (χ1n) is 8.88. The molecule has 7 heteroatoms. The Labute approximate surface area is 173 Å². The van der Waals surface area contributed by atoms with Crippen LogP contribution in [0.1, 0.15) is 19.4 Å². The molecule has 1 aliphatic heterocycles. The Morgan fingerprint density at radius 2 is 1.85 bits per heavy atom. The Morgan fingerprint density at radius 3 is 2.56 bits per heavy atom. The van der Waals surface area contributed by atoms with Crippen molar-refractivity contribution in [3.8, 4) is 11.1 Å². The van der Waals surface area contributed by atoms with Crippen LogP contribution in [0.4, 0.5) is 0 Å². The topological polar surface area (TPSA) is 35.2 Å². The molecular formula is C20H20Cl2N4S. The minimum atomic E-state index is 0.620. The number of halogens is 2. The number of fused-ring (bicyclic) bond motifs is 1. The van der Waals surface area contributed by atoms with Gasteiger partial charge in [0.25, 0.3) is 0 Å². The maximum atomic E-state index is 6.18. The van der Waals surface area contributed by atoms with E-state index in [9.17, 15) is 0 Å². The minimum absolute atomic E-state index is 0.620. The van der Waals surface area contributed by atoms with Crippen LogP contribution < -0.4 is 0 Å². The van der Waals surface area contributed by atoms with Crippen LogP contribution in [0.15, 0.2) is 42.1 Å². The van der Waals surface area contributed by atoms with Crippen LogP contribution >= 0.6 is 35.0 Å². The fraction of sp³-hybridized carbons (Fsp3) is 0.250. The van der Waals surface area contributed by atoms with Crippen LogP contribution in [0.2, 0.25) is 10.0 Å². The third-order valence-corrected chi connectivity index (χ3v) is 5.96. The molecule has 1 N–H and O–H groups in total. The van der Waals surface area contributed by atoms with E-state index in [2.05, 4.69) is 45.3 Å². The Bertz CT molecular complexity index is 990. The van der Waals surface area contributed by atoms with Gasteiger partial charge in [0, 0.05) is 52.0 Å². The molecule has 0 aliphatic carbocycles. The summed E-state index contributed by atoms with van der Waals surface area (Å²) in [6, 6.07) is 7.72. The lowest BCUT2D eigenvalue weighted by molar-refractivity contribution is 0.0679. The van der Waals surface area contributed by atoms with Gasteiger partial charge < -0.3 is 4.98 Å². The number of aromatic nitrogens is 2. The van der Waals surface area contributed by atoms with Gasteiger partial charge in [-0.15, -0.1) is 11.8 Å². The van der Waals surface area contributed by atoms with Gasteiger partial charge >= 0.3 is 0 Å². The van der Waals surface area contributed by atoms with Gasteiger partial charge in [-0.05, 0) is 35.2 Å². The average Bonchev–Trinajstić information content (AvgIpc) is 3.28. The maximum absolute atomic E-state index is 6.18. The van der Waals surface area contributed by atoms with Crippen molar-refractivity contribution in [1.29, 1.82) is 0 Å². The fourth-order valence-electron chi connectivity index (χ4n) is 3.41.